The lowest BCUT2D eigenvalue weighted by molar-refractivity contribution is -0.312. The molecule has 10 heteroatoms. The van der Waals surface area contributed by atoms with Crippen LogP contribution >= 0.6 is 15.9 Å². The summed E-state index contributed by atoms with van der Waals surface area (Å²) < 4.78 is 42.3. The summed E-state index contributed by atoms with van der Waals surface area (Å²) in [5, 5.41) is 18.3. The smallest absolute Gasteiger partial charge is 0.362 e. The zero-order valence-corrected chi connectivity index (χ0v) is 13.7. The Labute approximate surface area is 138 Å². The number of carbonyl (C=O) groups excluding carboxylic acids is 1. The predicted molar refractivity (Wildman–Crippen MR) is 77.5 cm³/mol. The zero-order chi connectivity index (χ0) is 17.0. The van der Waals surface area contributed by atoms with E-state index in [9.17, 15) is 23.1 Å². The van der Waals surface area contributed by atoms with E-state index in [-0.39, 0.29) is 27.3 Å². The Kier molecular flexibility index (Phi) is 3.79. The fourth-order valence-corrected chi connectivity index (χ4v) is 3.67. The minimum Gasteiger partial charge on any atom is -0.362 e. The molecule has 0 saturated heterocycles. The predicted octanol–water partition coefficient (Wildman–Crippen LogP) is 2.44. The van der Waals surface area contributed by atoms with Crippen LogP contribution in [-0.4, -0.2) is 43.4 Å². The number of aryl methyl sites for hydroxylation is 1. The Hall–Kier alpha value is -1.42. The van der Waals surface area contributed by atoms with Crippen molar-refractivity contribution in [3.8, 4) is 0 Å². The molecule has 2 aliphatic rings. The van der Waals surface area contributed by atoms with E-state index in [0.717, 1.165) is 0 Å². The standard InChI is InChI=1S/C13H14BrF3N4O2/c1-20-6-8(14)10(19-20)11(22)21-12(23,13(15,16)17)7-4-2-3-5-9(7)18-21/h6-7,23H,2-5H2,1H3. The molecule has 1 N–H and O–H groups in total. The third kappa shape index (κ3) is 2.38. The summed E-state index contributed by atoms with van der Waals surface area (Å²) in [4.78, 5) is 12.5. The third-order valence-corrected chi connectivity index (χ3v) is 4.79. The molecule has 1 aromatic rings. The summed E-state index contributed by atoms with van der Waals surface area (Å²) in [6.07, 6.45) is -1.85. The summed E-state index contributed by atoms with van der Waals surface area (Å²) >= 11 is 3.09. The largest absolute Gasteiger partial charge is 0.439 e. The molecular formula is C13H14BrF3N4O2. The van der Waals surface area contributed by atoms with Crippen LogP contribution in [0.5, 0.6) is 0 Å². The number of alkyl halides is 3. The van der Waals surface area contributed by atoms with Crippen LogP contribution in [0.3, 0.4) is 0 Å². The van der Waals surface area contributed by atoms with Crippen molar-refractivity contribution in [2.45, 2.75) is 37.6 Å². The summed E-state index contributed by atoms with van der Waals surface area (Å²) in [6, 6.07) is 0. The van der Waals surface area contributed by atoms with E-state index in [1.807, 2.05) is 0 Å². The molecule has 0 aromatic carbocycles. The van der Waals surface area contributed by atoms with Crippen molar-refractivity contribution in [3.05, 3.63) is 16.4 Å². The van der Waals surface area contributed by atoms with Crippen molar-refractivity contribution in [1.29, 1.82) is 0 Å². The van der Waals surface area contributed by atoms with Gasteiger partial charge in [-0.2, -0.15) is 28.4 Å². The molecular weight excluding hydrogens is 381 g/mol. The Morgan fingerprint density at radius 2 is 2.17 bits per heavy atom. The van der Waals surface area contributed by atoms with Crippen LogP contribution in [0.2, 0.25) is 0 Å². The first-order valence-electron chi connectivity index (χ1n) is 7.06. The molecule has 23 heavy (non-hydrogen) atoms. The van der Waals surface area contributed by atoms with Gasteiger partial charge >= 0.3 is 6.18 Å². The molecule has 1 saturated carbocycles. The van der Waals surface area contributed by atoms with E-state index in [4.69, 9.17) is 0 Å². The first kappa shape index (κ1) is 16.4. The minimum atomic E-state index is -5.02. The van der Waals surface area contributed by atoms with Gasteiger partial charge in [0.1, 0.15) is 0 Å². The van der Waals surface area contributed by atoms with Crippen molar-refractivity contribution in [1.82, 2.24) is 14.8 Å². The van der Waals surface area contributed by atoms with Crippen molar-refractivity contribution in [2.24, 2.45) is 18.1 Å². The number of carbonyl (C=O) groups is 1. The lowest BCUT2D eigenvalue weighted by Crippen LogP contribution is -2.61. The molecule has 0 spiro atoms. The highest BCUT2D eigenvalue weighted by atomic mass is 79.9. The highest BCUT2D eigenvalue weighted by molar-refractivity contribution is 9.10. The van der Waals surface area contributed by atoms with Crippen LogP contribution in [0.1, 0.15) is 36.2 Å². The normalized spacial score (nSPS) is 27.8. The van der Waals surface area contributed by atoms with E-state index in [2.05, 4.69) is 26.1 Å². The van der Waals surface area contributed by atoms with Gasteiger partial charge < -0.3 is 5.11 Å². The van der Waals surface area contributed by atoms with Crippen LogP contribution in [0, 0.1) is 5.92 Å². The molecule has 2 unspecified atom stereocenters. The number of hydrogen-bond donors (Lipinski definition) is 1. The van der Waals surface area contributed by atoms with Crippen LogP contribution in [-0.2, 0) is 7.05 Å². The average Bonchev–Trinajstić information content (AvgIpc) is 2.96. The number of rotatable bonds is 1. The maximum atomic E-state index is 13.6. The van der Waals surface area contributed by atoms with E-state index in [1.165, 1.54) is 17.9 Å². The van der Waals surface area contributed by atoms with Crippen LogP contribution in [0.4, 0.5) is 13.2 Å². The first-order chi connectivity index (χ1) is 10.7. The second kappa shape index (κ2) is 5.30. The molecule has 6 nitrogen and oxygen atoms in total. The molecule has 126 valence electrons. The molecule has 0 radical (unpaired) electrons. The maximum absolute atomic E-state index is 13.6. The van der Waals surface area contributed by atoms with Crippen molar-refractivity contribution < 1.29 is 23.1 Å². The third-order valence-electron chi connectivity index (χ3n) is 4.21. The molecule has 2 atom stereocenters. The molecule has 1 fully saturated rings. The van der Waals surface area contributed by atoms with Crippen molar-refractivity contribution in [2.75, 3.05) is 0 Å². The van der Waals surface area contributed by atoms with Gasteiger partial charge in [-0.15, -0.1) is 0 Å². The van der Waals surface area contributed by atoms with Gasteiger partial charge in [-0.3, -0.25) is 9.48 Å². The molecule has 1 aliphatic carbocycles. The number of aliphatic hydroxyl groups is 1. The highest BCUT2D eigenvalue weighted by Gasteiger charge is 2.68. The highest BCUT2D eigenvalue weighted by Crippen LogP contribution is 2.48. The van der Waals surface area contributed by atoms with Gasteiger partial charge in [0.05, 0.1) is 10.4 Å². The minimum absolute atomic E-state index is 0.141. The van der Waals surface area contributed by atoms with E-state index < -0.39 is 23.7 Å². The van der Waals surface area contributed by atoms with Gasteiger partial charge in [0.15, 0.2) is 5.69 Å². The Morgan fingerprint density at radius 1 is 1.48 bits per heavy atom. The second-order valence-corrected chi connectivity index (χ2v) is 6.58. The van der Waals surface area contributed by atoms with Crippen molar-refractivity contribution in [3.63, 3.8) is 0 Å². The van der Waals surface area contributed by atoms with E-state index in [0.29, 0.717) is 19.3 Å². The van der Waals surface area contributed by atoms with Crippen LogP contribution in [0.15, 0.2) is 15.8 Å². The fraction of sp³-hybridized carbons (Fsp3) is 0.615. The molecule has 1 aromatic heterocycles. The van der Waals surface area contributed by atoms with Gasteiger partial charge in [-0.25, -0.2) is 0 Å². The number of halogens is 4. The number of amides is 1. The average molecular weight is 395 g/mol. The van der Waals surface area contributed by atoms with Gasteiger partial charge in [0.25, 0.3) is 11.6 Å². The first-order valence-corrected chi connectivity index (χ1v) is 7.85. The van der Waals surface area contributed by atoms with E-state index >= 15 is 0 Å². The van der Waals surface area contributed by atoms with Gasteiger partial charge in [0.2, 0.25) is 0 Å². The summed E-state index contributed by atoms with van der Waals surface area (Å²) in [5.74, 6) is -2.30. The molecule has 3 rings (SSSR count). The Balaban J connectivity index is 2.06. The van der Waals surface area contributed by atoms with Crippen molar-refractivity contribution >= 4 is 27.5 Å². The summed E-state index contributed by atoms with van der Waals surface area (Å²) in [6.45, 7) is 0. The molecule has 1 aliphatic heterocycles. The lowest BCUT2D eigenvalue weighted by atomic mass is 9.80. The van der Waals surface area contributed by atoms with Gasteiger partial charge in [-0.1, -0.05) is 6.42 Å². The number of aromatic nitrogens is 2. The number of nitrogens with zero attached hydrogens (tertiary/aromatic N) is 4. The van der Waals surface area contributed by atoms with E-state index in [1.54, 1.807) is 0 Å². The molecule has 2 heterocycles. The van der Waals surface area contributed by atoms with Gasteiger partial charge in [-0.05, 0) is 35.2 Å². The Morgan fingerprint density at radius 3 is 2.74 bits per heavy atom. The second-order valence-electron chi connectivity index (χ2n) is 5.73. The molecule has 1 amide bonds. The topological polar surface area (TPSA) is 70.7 Å². The van der Waals surface area contributed by atoms with Crippen LogP contribution < -0.4 is 0 Å². The summed E-state index contributed by atoms with van der Waals surface area (Å²) in [7, 11) is 1.53. The lowest BCUT2D eigenvalue weighted by Gasteiger charge is -2.37. The molecule has 0 bridgehead atoms. The van der Waals surface area contributed by atoms with Crippen LogP contribution in [0.25, 0.3) is 0 Å². The number of hydrazone groups is 1. The number of fused-ring (bicyclic) bond motifs is 1. The SMILES string of the molecule is Cn1cc(Br)c(C(=O)N2N=C3CCCCC3C2(O)C(F)(F)F)n1. The number of hydrogen-bond acceptors (Lipinski definition) is 4. The maximum Gasteiger partial charge on any atom is 0.439 e. The fourth-order valence-electron chi connectivity index (χ4n) is 3.12. The summed E-state index contributed by atoms with van der Waals surface area (Å²) in [5.41, 5.74) is -3.33. The van der Waals surface area contributed by atoms with Gasteiger partial charge in [0, 0.05) is 19.0 Å². The monoisotopic (exact) mass is 394 g/mol. The quantitative estimate of drug-likeness (QED) is 0.794. The Bertz CT molecular complexity index is 687. The zero-order valence-electron chi connectivity index (χ0n) is 12.1.